The summed E-state index contributed by atoms with van der Waals surface area (Å²) >= 11 is 0. The van der Waals surface area contributed by atoms with E-state index in [-0.39, 0.29) is 0 Å². The second-order valence-electron chi connectivity index (χ2n) is 2.77. The van der Waals surface area contributed by atoms with E-state index in [4.69, 9.17) is 4.78 Å². The van der Waals surface area contributed by atoms with Gasteiger partial charge >= 0.3 is 0 Å². The first kappa shape index (κ1) is 9.95. The Hall–Kier alpha value is -0.0500. The van der Waals surface area contributed by atoms with Gasteiger partial charge in [-0.15, -0.1) is 0 Å². The summed E-state index contributed by atoms with van der Waals surface area (Å²) in [5.74, 6) is 0.576. The molecule has 0 fully saturated rings. The lowest BCUT2D eigenvalue weighted by Crippen LogP contribution is -2.00. The van der Waals surface area contributed by atoms with Crippen molar-refractivity contribution in [1.29, 1.82) is 4.78 Å². The van der Waals surface area contributed by atoms with Crippen LogP contribution in [0.1, 0.15) is 32.6 Å². The average Bonchev–Trinajstić information content (AvgIpc) is 1.78. The smallest absolute Gasteiger partial charge is 0.0412 e. The maximum Gasteiger partial charge on any atom is 0.0412 e. The summed E-state index contributed by atoms with van der Waals surface area (Å²) in [6.07, 6.45) is 5.99. The molecule has 0 saturated heterocycles. The molecular weight excluding hydrogens is 146 g/mol. The molecule has 1 atom stereocenters. The van der Waals surface area contributed by atoms with Crippen LogP contribution in [0.2, 0.25) is 0 Å². The van der Waals surface area contributed by atoms with Crippen molar-refractivity contribution in [3.63, 3.8) is 0 Å². The molecule has 0 aliphatic carbocycles. The van der Waals surface area contributed by atoms with Crippen LogP contribution in [0.25, 0.3) is 0 Å². The normalized spacial score (nSPS) is 16.6. The van der Waals surface area contributed by atoms with Crippen molar-refractivity contribution in [3.8, 4) is 0 Å². The van der Waals surface area contributed by atoms with Crippen molar-refractivity contribution in [1.82, 2.24) is 0 Å². The van der Waals surface area contributed by atoms with Gasteiger partial charge in [0.1, 0.15) is 0 Å². The number of nitrogens with one attached hydrogen (secondary N) is 1. The van der Waals surface area contributed by atoms with Gasteiger partial charge in [0, 0.05) is 21.7 Å². The molecule has 0 radical (unpaired) electrons. The highest BCUT2D eigenvalue weighted by Gasteiger charge is 1.95. The van der Waals surface area contributed by atoms with E-state index < -0.39 is 9.73 Å². The molecule has 0 amide bonds. The number of rotatable bonds is 5. The van der Waals surface area contributed by atoms with E-state index in [9.17, 15) is 4.21 Å². The third-order valence-electron chi connectivity index (χ3n) is 1.39. The molecule has 0 rings (SSSR count). The summed E-state index contributed by atoms with van der Waals surface area (Å²) in [6, 6.07) is 0. The number of unbranched alkanes of at least 4 members (excludes halogenated alkanes) is 3. The fourth-order valence-electron chi connectivity index (χ4n) is 0.804. The summed E-state index contributed by atoms with van der Waals surface area (Å²) in [6.45, 7) is 2.14. The van der Waals surface area contributed by atoms with E-state index in [0.717, 1.165) is 12.8 Å². The second-order valence-corrected chi connectivity index (χ2v) is 5.19. The van der Waals surface area contributed by atoms with E-state index in [2.05, 4.69) is 6.92 Å². The zero-order chi connectivity index (χ0) is 8.04. The second kappa shape index (κ2) is 4.72. The van der Waals surface area contributed by atoms with Crippen molar-refractivity contribution >= 4 is 9.73 Å². The standard InChI is InChI=1S/C7H17NOS/c1-3-4-5-6-7-10(2,8)9/h8H,3-7H2,1-2H3. The molecule has 0 aromatic rings. The maximum atomic E-state index is 10.8. The molecule has 0 aliphatic heterocycles. The molecule has 0 bridgehead atoms. The average molecular weight is 163 g/mol. The summed E-state index contributed by atoms with van der Waals surface area (Å²) in [4.78, 5) is 0. The van der Waals surface area contributed by atoms with Crippen LogP contribution in [0.3, 0.4) is 0 Å². The van der Waals surface area contributed by atoms with Gasteiger partial charge in [-0.3, -0.25) is 8.99 Å². The van der Waals surface area contributed by atoms with Gasteiger partial charge < -0.3 is 0 Å². The van der Waals surface area contributed by atoms with Gasteiger partial charge in [0.2, 0.25) is 0 Å². The molecule has 0 aromatic carbocycles. The van der Waals surface area contributed by atoms with Crippen LogP contribution >= 0.6 is 0 Å². The lowest BCUT2D eigenvalue weighted by atomic mass is 10.2. The Morgan fingerprint density at radius 3 is 2.30 bits per heavy atom. The predicted octanol–water partition coefficient (Wildman–Crippen LogP) is 2.24. The summed E-state index contributed by atoms with van der Waals surface area (Å²) < 4.78 is 17.9. The van der Waals surface area contributed by atoms with E-state index in [1.165, 1.54) is 19.1 Å². The Labute approximate surface area is 64.0 Å². The molecule has 62 valence electrons. The minimum Gasteiger partial charge on any atom is -0.253 e. The first-order chi connectivity index (χ1) is 4.56. The topological polar surface area (TPSA) is 40.9 Å². The Morgan fingerprint density at radius 2 is 1.90 bits per heavy atom. The lowest BCUT2D eigenvalue weighted by molar-refractivity contribution is 0.664. The zero-order valence-electron chi connectivity index (χ0n) is 6.85. The third-order valence-corrected chi connectivity index (χ3v) is 2.46. The molecule has 0 saturated carbocycles. The van der Waals surface area contributed by atoms with Gasteiger partial charge in [-0.05, 0) is 6.42 Å². The Balaban J connectivity index is 3.21. The summed E-state index contributed by atoms with van der Waals surface area (Å²) in [5.41, 5.74) is 0. The van der Waals surface area contributed by atoms with Gasteiger partial charge in [-0.2, -0.15) is 0 Å². The van der Waals surface area contributed by atoms with Crippen molar-refractivity contribution in [3.05, 3.63) is 0 Å². The van der Waals surface area contributed by atoms with Crippen LogP contribution in [0.15, 0.2) is 0 Å². The summed E-state index contributed by atoms with van der Waals surface area (Å²) in [7, 11) is -2.20. The van der Waals surface area contributed by atoms with Crippen molar-refractivity contribution in [2.24, 2.45) is 0 Å². The molecule has 0 aromatic heterocycles. The fourth-order valence-corrected chi connectivity index (χ4v) is 1.56. The molecule has 0 heterocycles. The molecule has 2 nitrogen and oxygen atoms in total. The number of hydrogen-bond acceptors (Lipinski definition) is 2. The fraction of sp³-hybridized carbons (Fsp3) is 1.00. The molecular formula is C7H17NOS. The quantitative estimate of drug-likeness (QED) is 0.620. The minimum atomic E-state index is -2.20. The Bertz CT molecular complexity index is 160. The van der Waals surface area contributed by atoms with E-state index in [1.807, 2.05) is 0 Å². The van der Waals surface area contributed by atoms with E-state index in [1.54, 1.807) is 0 Å². The molecule has 1 N–H and O–H groups in total. The highest BCUT2D eigenvalue weighted by molar-refractivity contribution is 7.91. The van der Waals surface area contributed by atoms with Crippen molar-refractivity contribution in [2.45, 2.75) is 32.6 Å². The molecule has 3 heteroatoms. The largest absolute Gasteiger partial charge is 0.253 e. The predicted molar refractivity (Wildman–Crippen MR) is 45.8 cm³/mol. The zero-order valence-corrected chi connectivity index (χ0v) is 7.67. The first-order valence-corrected chi connectivity index (χ1v) is 5.91. The van der Waals surface area contributed by atoms with Crippen LogP contribution in [0.4, 0.5) is 0 Å². The number of hydrogen-bond donors (Lipinski definition) is 1. The molecule has 0 spiro atoms. The van der Waals surface area contributed by atoms with Gasteiger partial charge in [0.15, 0.2) is 0 Å². The van der Waals surface area contributed by atoms with Gasteiger partial charge in [0.25, 0.3) is 0 Å². The molecule has 1 unspecified atom stereocenters. The van der Waals surface area contributed by atoms with Crippen LogP contribution < -0.4 is 0 Å². The van der Waals surface area contributed by atoms with E-state index >= 15 is 0 Å². The van der Waals surface area contributed by atoms with Crippen LogP contribution in [-0.2, 0) is 9.73 Å². The first-order valence-electron chi connectivity index (χ1n) is 3.77. The van der Waals surface area contributed by atoms with Crippen LogP contribution in [0, 0.1) is 4.78 Å². The lowest BCUT2D eigenvalue weighted by Gasteiger charge is -1.98. The summed E-state index contributed by atoms with van der Waals surface area (Å²) in [5, 5.41) is 0. The van der Waals surface area contributed by atoms with E-state index in [0.29, 0.717) is 5.75 Å². The van der Waals surface area contributed by atoms with Gasteiger partial charge in [-0.25, -0.2) is 0 Å². The SMILES string of the molecule is CCCCCCS(C)(=N)=O. The molecule has 0 aliphatic rings. The van der Waals surface area contributed by atoms with Crippen molar-refractivity contribution in [2.75, 3.05) is 12.0 Å². The highest BCUT2D eigenvalue weighted by Crippen LogP contribution is 2.00. The third kappa shape index (κ3) is 7.95. The van der Waals surface area contributed by atoms with Crippen molar-refractivity contribution < 1.29 is 4.21 Å². The Morgan fingerprint density at radius 1 is 1.30 bits per heavy atom. The van der Waals surface area contributed by atoms with Crippen LogP contribution in [-0.4, -0.2) is 16.2 Å². The minimum absolute atomic E-state index is 0.576. The van der Waals surface area contributed by atoms with Crippen LogP contribution in [0.5, 0.6) is 0 Å². The maximum absolute atomic E-state index is 10.8. The van der Waals surface area contributed by atoms with Gasteiger partial charge in [-0.1, -0.05) is 26.2 Å². The monoisotopic (exact) mass is 163 g/mol. The highest BCUT2D eigenvalue weighted by atomic mass is 32.2. The van der Waals surface area contributed by atoms with Gasteiger partial charge in [0.05, 0.1) is 0 Å². The molecule has 10 heavy (non-hydrogen) atoms. The Kier molecular flexibility index (Phi) is 4.69.